The lowest BCUT2D eigenvalue weighted by molar-refractivity contribution is -0.141. The summed E-state index contributed by atoms with van der Waals surface area (Å²) in [4.78, 5) is 15.0. The molecule has 24 heavy (non-hydrogen) atoms. The van der Waals surface area contributed by atoms with Crippen molar-refractivity contribution in [2.75, 3.05) is 11.9 Å². The van der Waals surface area contributed by atoms with Gasteiger partial charge in [-0.2, -0.15) is 13.2 Å². The first kappa shape index (κ1) is 18.3. The van der Waals surface area contributed by atoms with E-state index in [2.05, 4.69) is 10.3 Å². The molecule has 1 aromatic carbocycles. The standard InChI is InChI=1S/C16H17F3N2O2S/c1-2-3-9-20-15-21-13(16(17,18)19)12(24-15)14(22)23-10-11-7-5-4-6-8-11/h4-8H,2-3,9-10H2,1H3,(H,20,21). The summed E-state index contributed by atoms with van der Waals surface area (Å²) in [6, 6.07) is 8.76. The van der Waals surface area contributed by atoms with Gasteiger partial charge in [-0.3, -0.25) is 0 Å². The number of benzene rings is 1. The molecule has 0 saturated heterocycles. The summed E-state index contributed by atoms with van der Waals surface area (Å²) in [5.41, 5.74) is -0.505. The number of carbonyl (C=O) groups excluding carboxylic acids is 1. The van der Waals surface area contributed by atoms with Crippen LogP contribution in [-0.2, 0) is 17.5 Å². The Hall–Kier alpha value is -2.09. The number of nitrogens with zero attached hydrogens (tertiary/aromatic N) is 1. The number of thiazole rings is 1. The zero-order valence-corrected chi connectivity index (χ0v) is 13.8. The van der Waals surface area contributed by atoms with E-state index < -0.39 is 22.7 Å². The predicted octanol–water partition coefficient (Wildman–Crippen LogP) is 4.73. The van der Waals surface area contributed by atoms with Crippen LogP contribution in [0.25, 0.3) is 0 Å². The number of nitrogens with one attached hydrogen (secondary N) is 1. The van der Waals surface area contributed by atoms with Gasteiger partial charge in [-0.25, -0.2) is 9.78 Å². The molecule has 2 rings (SSSR count). The second-order valence-corrected chi connectivity index (χ2v) is 6.04. The zero-order valence-electron chi connectivity index (χ0n) is 13.0. The molecule has 0 atom stereocenters. The average Bonchev–Trinajstić information content (AvgIpc) is 2.98. The number of ether oxygens (including phenoxy) is 1. The molecule has 0 aliphatic rings. The summed E-state index contributed by atoms with van der Waals surface area (Å²) in [7, 11) is 0. The largest absolute Gasteiger partial charge is 0.457 e. The van der Waals surface area contributed by atoms with Crippen LogP contribution in [-0.4, -0.2) is 17.5 Å². The third kappa shape index (κ3) is 4.95. The van der Waals surface area contributed by atoms with Crippen LogP contribution in [0.2, 0.25) is 0 Å². The molecule has 0 saturated carbocycles. The van der Waals surface area contributed by atoms with Crippen LogP contribution < -0.4 is 5.32 Å². The average molecular weight is 358 g/mol. The third-order valence-electron chi connectivity index (χ3n) is 3.10. The molecule has 8 heteroatoms. The molecule has 0 aliphatic heterocycles. The van der Waals surface area contributed by atoms with Crippen molar-refractivity contribution in [3.63, 3.8) is 0 Å². The fourth-order valence-corrected chi connectivity index (χ4v) is 2.79. The van der Waals surface area contributed by atoms with Crippen LogP contribution in [0, 0.1) is 0 Å². The molecular formula is C16H17F3N2O2S. The summed E-state index contributed by atoms with van der Waals surface area (Å²) in [6.07, 6.45) is -3.01. The molecule has 0 fully saturated rings. The summed E-state index contributed by atoms with van der Waals surface area (Å²) >= 11 is 0.663. The molecule has 0 spiro atoms. The Morgan fingerprint density at radius 2 is 2.00 bits per heavy atom. The Morgan fingerprint density at radius 3 is 2.62 bits per heavy atom. The highest BCUT2D eigenvalue weighted by molar-refractivity contribution is 7.17. The lowest BCUT2D eigenvalue weighted by Crippen LogP contribution is -2.13. The number of anilines is 1. The number of aromatic nitrogens is 1. The molecule has 4 nitrogen and oxygen atoms in total. The van der Waals surface area contributed by atoms with Gasteiger partial charge in [0, 0.05) is 6.54 Å². The number of hydrogen-bond donors (Lipinski definition) is 1. The number of esters is 1. The topological polar surface area (TPSA) is 51.2 Å². The van der Waals surface area contributed by atoms with E-state index in [0.29, 0.717) is 23.4 Å². The number of unbranched alkanes of at least 4 members (excludes halogenated alkanes) is 1. The highest BCUT2D eigenvalue weighted by atomic mass is 32.1. The van der Waals surface area contributed by atoms with Crippen molar-refractivity contribution in [3.05, 3.63) is 46.5 Å². The maximum atomic E-state index is 13.1. The van der Waals surface area contributed by atoms with E-state index in [1.54, 1.807) is 30.3 Å². The number of halogens is 3. The fourth-order valence-electron chi connectivity index (χ4n) is 1.89. The van der Waals surface area contributed by atoms with E-state index in [1.165, 1.54) is 0 Å². The number of hydrogen-bond acceptors (Lipinski definition) is 5. The van der Waals surface area contributed by atoms with Crippen LogP contribution in [0.3, 0.4) is 0 Å². The monoisotopic (exact) mass is 358 g/mol. The zero-order chi connectivity index (χ0) is 17.6. The second kappa shape index (κ2) is 8.14. The van der Waals surface area contributed by atoms with Crippen molar-refractivity contribution < 1.29 is 22.7 Å². The third-order valence-corrected chi connectivity index (χ3v) is 4.09. The van der Waals surface area contributed by atoms with Gasteiger partial charge in [-0.05, 0) is 12.0 Å². The molecule has 0 unspecified atom stereocenters. The van der Waals surface area contributed by atoms with Crippen LogP contribution >= 0.6 is 11.3 Å². The van der Waals surface area contributed by atoms with E-state index in [1.807, 2.05) is 6.92 Å². The lowest BCUT2D eigenvalue weighted by Gasteiger charge is -2.06. The van der Waals surface area contributed by atoms with Gasteiger partial charge in [0.2, 0.25) is 0 Å². The normalized spacial score (nSPS) is 11.3. The SMILES string of the molecule is CCCCNc1nc(C(F)(F)F)c(C(=O)OCc2ccccc2)s1. The molecular weight excluding hydrogens is 341 g/mol. The molecule has 2 aromatic rings. The first-order valence-corrected chi connectivity index (χ1v) is 8.26. The van der Waals surface area contributed by atoms with Gasteiger partial charge in [0.05, 0.1) is 0 Å². The molecule has 0 aliphatic carbocycles. The fraction of sp³-hybridized carbons (Fsp3) is 0.375. The molecule has 1 aromatic heterocycles. The minimum absolute atomic E-state index is 0.0717. The van der Waals surface area contributed by atoms with Crippen molar-refractivity contribution in [2.24, 2.45) is 0 Å². The molecule has 130 valence electrons. The molecule has 0 amide bonds. The van der Waals surface area contributed by atoms with Gasteiger partial charge in [-0.15, -0.1) is 0 Å². The highest BCUT2D eigenvalue weighted by Crippen LogP contribution is 2.36. The quantitative estimate of drug-likeness (QED) is 0.574. The van der Waals surface area contributed by atoms with Crippen LogP contribution in [0.15, 0.2) is 30.3 Å². The van der Waals surface area contributed by atoms with Crippen molar-refractivity contribution in [1.29, 1.82) is 0 Å². The Morgan fingerprint density at radius 1 is 1.29 bits per heavy atom. The predicted molar refractivity (Wildman–Crippen MR) is 86.1 cm³/mol. The van der Waals surface area contributed by atoms with E-state index >= 15 is 0 Å². The first-order chi connectivity index (χ1) is 11.4. The van der Waals surface area contributed by atoms with Crippen LogP contribution in [0.4, 0.5) is 18.3 Å². The van der Waals surface area contributed by atoms with Crippen molar-refractivity contribution in [3.8, 4) is 0 Å². The number of carbonyl (C=O) groups is 1. The maximum absolute atomic E-state index is 13.1. The minimum Gasteiger partial charge on any atom is -0.457 e. The first-order valence-electron chi connectivity index (χ1n) is 7.44. The molecule has 0 bridgehead atoms. The minimum atomic E-state index is -4.71. The van der Waals surface area contributed by atoms with Gasteiger partial charge in [0.1, 0.15) is 11.5 Å². The van der Waals surface area contributed by atoms with Crippen LogP contribution in [0.5, 0.6) is 0 Å². The Labute approximate surface area is 141 Å². The highest BCUT2D eigenvalue weighted by Gasteiger charge is 2.40. The summed E-state index contributed by atoms with van der Waals surface area (Å²) < 4.78 is 44.2. The Kier molecular flexibility index (Phi) is 6.19. The van der Waals surface area contributed by atoms with Crippen molar-refractivity contribution in [1.82, 2.24) is 4.98 Å². The van der Waals surface area contributed by atoms with Crippen molar-refractivity contribution >= 4 is 22.4 Å². The van der Waals surface area contributed by atoms with Crippen LogP contribution in [0.1, 0.15) is 40.7 Å². The van der Waals surface area contributed by atoms with E-state index in [-0.39, 0.29) is 11.7 Å². The Balaban J connectivity index is 2.12. The summed E-state index contributed by atoms with van der Waals surface area (Å²) in [5, 5.41) is 2.88. The number of alkyl halides is 3. The number of rotatable bonds is 7. The van der Waals surface area contributed by atoms with Gasteiger partial charge in [0.15, 0.2) is 10.8 Å². The van der Waals surface area contributed by atoms with E-state index in [4.69, 9.17) is 4.74 Å². The van der Waals surface area contributed by atoms with Gasteiger partial charge >= 0.3 is 12.1 Å². The van der Waals surface area contributed by atoms with Crippen molar-refractivity contribution in [2.45, 2.75) is 32.5 Å². The molecule has 1 heterocycles. The van der Waals surface area contributed by atoms with Gasteiger partial charge in [0.25, 0.3) is 0 Å². The summed E-state index contributed by atoms with van der Waals surface area (Å²) in [5.74, 6) is -1.02. The maximum Gasteiger partial charge on any atom is 0.435 e. The second-order valence-electron chi connectivity index (χ2n) is 5.04. The smallest absolute Gasteiger partial charge is 0.435 e. The Bertz CT molecular complexity index is 672. The van der Waals surface area contributed by atoms with E-state index in [0.717, 1.165) is 12.8 Å². The van der Waals surface area contributed by atoms with Gasteiger partial charge in [-0.1, -0.05) is 55.0 Å². The van der Waals surface area contributed by atoms with Gasteiger partial charge < -0.3 is 10.1 Å². The summed E-state index contributed by atoms with van der Waals surface area (Å²) in [6.45, 7) is 2.38. The molecule has 1 N–H and O–H groups in total. The lowest BCUT2D eigenvalue weighted by atomic mass is 10.2. The van der Waals surface area contributed by atoms with E-state index in [9.17, 15) is 18.0 Å². The molecule has 0 radical (unpaired) electrons.